The molecule has 5 rings (SSSR count). The molecule has 0 fully saturated rings. The van der Waals surface area contributed by atoms with Gasteiger partial charge in [-0.05, 0) is 89.2 Å². The van der Waals surface area contributed by atoms with Crippen molar-refractivity contribution in [3.63, 3.8) is 0 Å². The first kappa shape index (κ1) is 32.7. The van der Waals surface area contributed by atoms with Crippen LogP contribution < -0.4 is 4.74 Å². The number of alkyl halides is 5. The van der Waals surface area contributed by atoms with E-state index in [1.165, 1.54) is 60.7 Å². The van der Waals surface area contributed by atoms with Crippen LogP contribution in [0.25, 0.3) is 33.4 Å². The van der Waals surface area contributed by atoms with Gasteiger partial charge in [-0.25, -0.2) is 13.2 Å². The average Bonchev–Trinajstić information content (AvgIpc) is 3.01. The van der Waals surface area contributed by atoms with Crippen LogP contribution in [0.15, 0.2) is 103 Å². The van der Waals surface area contributed by atoms with Crippen LogP contribution in [0, 0.1) is 17.5 Å². The van der Waals surface area contributed by atoms with E-state index in [2.05, 4.69) is 6.92 Å². The highest BCUT2D eigenvalue weighted by Gasteiger charge is 2.35. The second kappa shape index (κ2) is 13.4. The lowest BCUT2D eigenvalue weighted by atomic mass is 9.96. The first-order valence-electron chi connectivity index (χ1n) is 14.6. The Hall–Kier alpha value is -4.66. The monoisotopic (exact) mass is 640 g/mol. The van der Waals surface area contributed by atoms with E-state index < -0.39 is 35.3 Å². The van der Waals surface area contributed by atoms with Crippen LogP contribution in [0.3, 0.4) is 0 Å². The van der Waals surface area contributed by atoms with Crippen LogP contribution in [-0.2, 0) is 18.7 Å². The van der Waals surface area contributed by atoms with Crippen LogP contribution in [0.5, 0.6) is 5.75 Å². The Balaban J connectivity index is 1.28. The molecule has 238 valence electrons. The molecule has 0 aliphatic heterocycles. The minimum atomic E-state index is -4.89. The number of unbranched alkanes of at least 4 members (excludes halogenated alkanes) is 2. The van der Waals surface area contributed by atoms with Gasteiger partial charge in [-0.3, -0.25) is 0 Å². The standard InChI is InChI=1S/C37H28F8O/c1-2-3-4-5-23-6-13-28(14-7-23)37(44,45)46-29-15-8-24(9-16-29)25-10-17-30(33(38)20-25)26-11-18-31(34(39)21-26)27-12-19-32(35(40)22-27)36(41,42)43/h6-22H,2-5H2,1H3. The minimum absolute atomic E-state index is 0.0452. The summed E-state index contributed by atoms with van der Waals surface area (Å²) < 4.78 is 117. The summed E-state index contributed by atoms with van der Waals surface area (Å²) in [7, 11) is 0. The third-order valence-corrected chi connectivity index (χ3v) is 7.63. The molecule has 1 nitrogen and oxygen atoms in total. The molecule has 0 radical (unpaired) electrons. The van der Waals surface area contributed by atoms with E-state index in [0.29, 0.717) is 23.3 Å². The number of halogens is 8. The summed E-state index contributed by atoms with van der Waals surface area (Å²) in [5.41, 5.74) is 0.124. The van der Waals surface area contributed by atoms with E-state index in [1.807, 2.05) is 0 Å². The molecule has 0 aliphatic rings. The highest BCUT2D eigenvalue weighted by atomic mass is 19.4. The summed E-state index contributed by atoms with van der Waals surface area (Å²) >= 11 is 0. The summed E-state index contributed by atoms with van der Waals surface area (Å²) in [6.07, 6.45) is -4.50. The number of rotatable bonds is 10. The second-order valence-electron chi connectivity index (χ2n) is 10.9. The number of hydrogen-bond acceptors (Lipinski definition) is 1. The molecule has 5 aromatic carbocycles. The Morgan fingerprint density at radius 2 is 1.07 bits per heavy atom. The Labute approximate surface area is 261 Å². The van der Waals surface area contributed by atoms with Crippen LogP contribution >= 0.6 is 0 Å². The molecule has 0 bridgehead atoms. The first-order valence-corrected chi connectivity index (χ1v) is 14.6. The Morgan fingerprint density at radius 3 is 1.61 bits per heavy atom. The van der Waals surface area contributed by atoms with Crippen molar-refractivity contribution >= 4 is 0 Å². The highest BCUT2D eigenvalue weighted by Crippen LogP contribution is 2.37. The van der Waals surface area contributed by atoms with Crippen molar-refractivity contribution in [1.82, 2.24) is 0 Å². The van der Waals surface area contributed by atoms with Crippen molar-refractivity contribution in [2.45, 2.75) is 44.9 Å². The predicted molar refractivity (Wildman–Crippen MR) is 162 cm³/mol. The second-order valence-corrected chi connectivity index (χ2v) is 10.9. The van der Waals surface area contributed by atoms with Gasteiger partial charge >= 0.3 is 12.3 Å². The number of aryl methyl sites for hydroxylation is 1. The fourth-order valence-corrected chi connectivity index (χ4v) is 5.13. The summed E-state index contributed by atoms with van der Waals surface area (Å²) in [5.74, 6) is -3.20. The SMILES string of the molecule is CCCCCc1ccc(C(F)(F)Oc2ccc(-c3ccc(-c4ccc(-c5ccc(C(F)(F)F)c(F)c5)c(F)c4)c(F)c3)cc2)cc1. The van der Waals surface area contributed by atoms with Gasteiger partial charge in [0, 0.05) is 11.1 Å². The van der Waals surface area contributed by atoms with Crippen LogP contribution in [0.4, 0.5) is 35.1 Å². The predicted octanol–water partition coefficient (Wildman–Crippen LogP) is 12.0. The van der Waals surface area contributed by atoms with Crippen molar-refractivity contribution in [1.29, 1.82) is 0 Å². The zero-order valence-corrected chi connectivity index (χ0v) is 24.6. The summed E-state index contributed by atoms with van der Waals surface area (Å²) in [6, 6.07) is 21.7. The molecule has 0 amide bonds. The van der Waals surface area contributed by atoms with E-state index in [9.17, 15) is 30.7 Å². The average molecular weight is 641 g/mol. The molecule has 0 saturated carbocycles. The quantitative estimate of drug-likeness (QED) is 0.109. The Morgan fingerprint density at radius 1 is 0.543 bits per heavy atom. The van der Waals surface area contributed by atoms with Crippen molar-refractivity contribution in [3.05, 3.63) is 137 Å². The number of hydrogen-bond donors (Lipinski definition) is 0. The lowest BCUT2D eigenvalue weighted by Crippen LogP contribution is -2.21. The zero-order valence-electron chi connectivity index (χ0n) is 24.6. The van der Waals surface area contributed by atoms with Crippen molar-refractivity contribution < 1.29 is 39.9 Å². The normalized spacial score (nSPS) is 11.9. The molecule has 0 atom stereocenters. The highest BCUT2D eigenvalue weighted by molar-refractivity contribution is 5.74. The minimum Gasteiger partial charge on any atom is -0.429 e. The summed E-state index contributed by atoms with van der Waals surface area (Å²) in [5, 5.41) is 0. The molecule has 0 aliphatic carbocycles. The van der Waals surface area contributed by atoms with E-state index in [1.54, 1.807) is 18.2 Å². The summed E-state index contributed by atoms with van der Waals surface area (Å²) in [4.78, 5) is 0. The molecule has 0 unspecified atom stereocenters. The van der Waals surface area contributed by atoms with Crippen molar-refractivity contribution in [2.24, 2.45) is 0 Å². The largest absolute Gasteiger partial charge is 0.429 e. The third kappa shape index (κ3) is 7.41. The maximum atomic E-state index is 15.2. The topological polar surface area (TPSA) is 9.23 Å². The molecule has 9 heteroatoms. The van der Waals surface area contributed by atoms with E-state index in [4.69, 9.17) is 4.74 Å². The van der Waals surface area contributed by atoms with Gasteiger partial charge < -0.3 is 4.74 Å². The molecule has 46 heavy (non-hydrogen) atoms. The zero-order chi connectivity index (χ0) is 33.1. The van der Waals surface area contributed by atoms with Crippen molar-refractivity contribution in [2.75, 3.05) is 0 Å². The van der Waals surface area contributed by atoms with Gasteiger partial charge in [0.15, 0.2) is 0 Å². The van der Waals surface area contributed by atoms with Crippen LogP contribution in [-0.4, -0.2) is 0 Å². The van der Waals surface area contributed by atoms with Gasteiger partial charge in [0.2, 0.25) is 0 Å². The van der Waals surface area contributed by atoms with Gasteiger partial charge in [0.25, 0.3) is 0 Å². The van der Waals surface area contributed by atoms with E-state index in [-0.39, 0.29) is 33.6 Å². The lowest BCUT2D eigenvalue weighted by Gasteiger charge is -2.19. The molecule has 0 N–H and O–H groups in total. The van der Waals surface area contributed by atoms with Crippen LogP contribution in [0.1, 0.15) is 42.9 Å². The Kier molecular flexibility index (Phi) is 9.51. The maximum absolute atomic E-state index is 15.2. The fourth-order valence-electron chi connectivity index (χ4n) is 5.13. The number of ether oxygens (including phenoxy) is 1. The van der Waals surface area contributed by atoms with E-state index >= 15 is 4.39 Å². The fraction of sp³-hybridized carbons (Fsp3) is 0.189. The van der Waals surface area contributed by atoms with E-state index in [0.717, 1.165) is 43.4 Å². The lowest BCUT2D eigenvalue weighted by molar-refractivity contribution is -0.185. The maximum Gasteiger partial charge on any atom is 0.426 e. The van der Waals surface area contributed by atoms with Gasteiger partial charge in [-0.15, -0.1) is 0 Å². The molecule has 0 heterocycles. The third-order valence-electron chi connectivity index (χ3n) is 7.63. The first-order chi connectivity index (χ1) is 21.9. The van der Waals surface area contributed by atoms with Gasteiger partial charge in [-0.1, -0.05) is 74.4 Å². The summed E-state index contributed by atoms with van der Waals surface area (Å²) in [6.45, 7) is 2.10. The molecular weight excluding hydrogens is 612 g/mol. The molecule has 0 spiro atoms. The molecule has 0 saturated heterocycles. The van der Waals surface area contributed by atoms with Gasteiger partial charge in [0.1, 0.15) is 23.2 Å². The van der Waals surface area contributed by atoms with Gasteiger partial charge in [0.05, 0.1) is 11.1 Å². The number of benzene rings is 5. The van der Waals surface area contributed by atoms with Crippen molar-refractivity contribution in [3.8, 4) is 39.1 Å². The molecule has 5 aromatic rings. The molecular formula is C37H28F8O. The van der Waals surface area contributed by atoms with Gasteiger partial charge in [-0.2, -0.15) is 22.0 Å². The smallest absolute Gasteiger partial charge is 0.426 e. The Bertz CT molecular complexity index is 1810. The van der Waals surface area contributed by atoms with Crippen LogP contribution in [0.2, 0.25) is 0 Å². The molecule has 0 aromatic heterocycles.